The second kappa shape index (κ2) is 11.0. The molecule has 6 heterocycles. The minimum absolute atomic E-state index is 0.201. The number of H-pyrrole nitrogens is 2. The number of nitrogens with two attached hydrogens (primary N) is 1. The van der Waals surface area contributed by atoms with Crippen LogP contribution >= 0.6 is 0 Å². The second-order valence-corrected chi connectivity index (χ2v) is 11.6. The quantitative estimate of drug-likeness (QED) is 0.227. The highest BCUT2D eigenvalue weighted by molar-refractivity contribution is 5.98. The van der Waals surface area contributed by atoms with Gasteiger partial charge in [-0.2, -0.15) is 5.10 Å². The number of hydrogen-bond acceptors (Lipinski definition) is 8. The third-order valence-electron chi connectivity index (χ3n) is 8.54. The topological polar surface area (TPSA) is 125 Å². The molecular weight excluding hydrogens is 557 g/mol. The fourth-order valence-corrected chi connectivity index (χ4v) is 6.20. The average molecular weight is 590 g/mol. The number of pyridine rings is 2. The van der Waals surface area contributed by atoms with Crippen LogP contribution in [-0.2, 0) is 0 Å². The zero-order valence-electron chi connectivity index (χ0n) is 24.1. The molecule has 10 nitrogen and oxygen atoms in total. The van der Waals surface area contributed by atoms with E-state index in [-0.39, 0.29) is 11.9 Å². The van der Waals surface area contributed by atoms with Crippen molar-refractivity contribution in [1.82, 2.24) is 35.0 Å². The third kappa shape index (κ3) is 5.03. The molecule has 2 aliphatic rings. The van der Waals surface area contributed by atoms with E-state index in [1.807, 2.05) is 42.7 Å². The number of ether oxygens (including phenoxy) is 1. The van der Waals surface area contributed by atoms with Gasteiger partial charge < -0.3 is 20.4 Å². The van der Waals surface area contributed by atoms with Crippen LogP contribution in [0.25, 0.3) is 55.8 Å². The van der Waals surface area contributed by atoms with E-state index in [1.165, 1.54) is 25.0 Å². The highest BCUT2D eigenvalue weighted by Crippen LogP contribution is 2.34. The molecule has 0 atom stereocenters. The van der Waals surface area contributed by atoms with Gasteiger partial charge in [0.05, 0.1) is 40.3 Å². The Labute approximate surface area is 253 Å². The summed E-state index contributed by atoms with van der Waals surface area (Å²) in [6.07, 6.45) is 7.90. The molecule has 4 N–H and O–H groups in total. The molecule has 0 spiro atoms. The lowest BCUT2D eigenvalue weighted by molar-refractivity contribution is 0.237. The van der Waals surface area contributed by atoms with Crippen LogP contribution in [0, 0.1) is 5.82 Å². The summed E-state index contributed by atoms with van der Waals surface area (Å²) in [4.78, 5) is 22.1. The Bertz CT molecular complexity index is 1970. The molecule has 44 heavy (non-hydrogen) atoms. The monoisotopic (exact) mass is 589 g/mol. The number of halogens is 1. The number of imidazole rings is 1. The average Bonchev–Trinajstić information content (AvgIpc) is 3.78. The number of nitrogens with one attached hydrogen (secondary N) is 2. The van der Waals surface area contributed by atoms with Gasteiger partial charge in [0, 0.05) is 54.5 Å². The van der Waals surface area contributed by atoms with Crippen LogP contribution < -0.4 is 15.4 Å². The highest BCUT2D eigenvalue weighted by atomic mass is 19.1. The summed E-state index contributed by atoms with van der Waals surface area (Å²) in [5.74, 6) is 0.775. The van der Waals surface area contributed by atoms with Gasteiger partial charge in [0.25, 0.3) is 0 Å². The zero-order chi connectivity index (χ0) is 29.6. The first-order valence-corrected chi connectivity index (χ1v) is 15.0. The second-order valence-electron chi connectivity index (χ2n) is 11.6. The number of aromatic nitrogens is 6. The molecule has 2 aliphatic heterocycles. The van der Waals surface area contributed by atoms with Crippen LogP contribution in [0.3, 0.4) is 0 Å². The van der Waals surface area contributed by atoms with Crippen molar-refractivity contribution in [2.45, 2.75) is 18.9 Å². The Morgan fingerprint density at radius 3 is 2.73 bits per heavy atom. The first-order chi connectivity index (χ1) is 21.6. The summed E-state index contributed by atoms with van der Waals surface area (Å²) in [5, 5.41) is 8.55. The van der Waals surface area contributed by atoms with Gasteiger partial charge in [0.15, 0.2) is 5.82 Å². The molecule has 8 rings (SSSR count). The molecule has 2 aromatic carbocycles. The van der Waals surface area contributed by atoms with E-state index in [2.05, 4.69) is 41.0 Å². The van der Waals surface area contributed by atoms with Crippen molar-refractivity contribution in [3.63, 3.8) is 0 Å². The fraction of sp³-hybridized carbons (Fsp3) is 0.273. The van der Waals surface area contributed by atoms with E-state index >= 15 is 0 Å². The summed E-state index contributed by atoms with van der Waals surface area (Å²) < 4.78 is 20.8. The predicted octanol–water partition coefficient (Wildman–Crippen LogP) is 4.99. The number of rotatable bonds is 8. The molecule has 0 bridgehead atoms. The lowest BCUT2D eigenvalue weighted by atomic mass is 10.0. The Morgan fingerprint density at radius 1 is 0.977 bits per heavy atom. The Morgan fingerprint density at radius 2 is 1.86 bits per heavy atom. The molecule has 0 saturated carbocycles. The Hall–Kier alpha value is -4.87. The third-order valence-corrected chi connectivity index (χ3v) is 8.54. The first-order valence-electron chi connectivity index (χ1n) is 15.0. The molecule has 0 aliphatic carbocycles. The number of likely N-dealkylation sites (tertiary alicyclic amines) is 1. The number of anilines is 1. The van der Waals surface area contributed by atoms with Gasteiger partial charge in [0.2, 0.25) is 0 Å². The van der Waals surface area contributed by atoms with E-state index in [1.54, 1.807) is 6.20 Å². The van der Waals surface area contributed by atoms with Crippen molar-refractivity contribution < 1.29 is 9.13 Å². The number of benzene rings is 2. The van der Waals surface area contributed by atoms with Crippen molar-refractivity contribution in [3.8, 4) is 39.7 Å². The van der Waals surface area contributed by atoms with Crippen molar-refractivity contribution in [2.24, 2.45) is 5.73 Å². The van der Waals surface area contributed by atoms with Gasteiger partial charge in [-0.1, -0.05) is 12.1 Å². The largest absolute Gasteiger partial charge is 0.492 e. The lowest BCUT2D eigenvalue weighted by Crippen LogP contribution is -2.55. The molecule has 2 fully saturated rings. The maximum absolute atomic E-state index is 14.8. The standard InChI is InChI=1S/C33H32FN9O/c34-22-10-20(12-25(13-22)44-9-8-42-6-1-2-7-42)26-4-3-5-28-31(26)39-33(38-28)32-27-14-29(37-17-30(27)40-41-32)21-11-24(16-36-15-21)43-18-23(35)19-43/h3-5,10-17,23H,1-2,6-9,18-19,35H2,(H,38,39)(H,40,41). The lowest BCUT2D eigenvalue weighted by Gasteiger charge is -2.38. The van der Waals surface area contributed by atoms with E-state index in [9.17, 15) is 4.39 Å². The summed E-state index contributed by atoms with van der Waals surface area (Å²) in [6, 6.07) is 15.0. The molecule has 0 radical (unpaired) electrons. The molecule has 6 aromatic rings. The predicted molar refractivity (Wildman–Crippen MR) is 169 cm³/mol. The zero-order valence-corrected chi connectivity index (χ0v) is 24.1. The fourth-order valence-electron chi connectivity index (χ4n) is 6.20. The van der Waals surface area contributed by atoms with Crippen molar-refractivity contribution in [2.75, 3.05) is 44.2 Å². The van der Waals surface area contributed by atoms with Gasteiger partial charge in [-0.15, -0.1) is 0 Å². The summed E-state index contributed by atoms with van der Waals surface area (Å²) in [7, 11) is 0. The molecule has 0 unspecified atom stereocenters. The van der Waals surface area contributed by atoms with Crippen molar-refractivity contribution in [3.05, 3.63) is 72.9 Å². The summed E-state index contributed by atoms with van der Waals surface area (Å²) in [6.45, 7) is 5.20. The molecule has 2 saturated heterocycles. The summed E-state index contributed by atoms with van der Waals surface area (Å²) in [5.41, 5.74) is 13.2. The maximum Gasteiger partial charge on any atom is 0.159 e. The van der Waals surface area contributed by atoms with Crippen molar-refractivity contribution in [1.29, 1.82) is 0 Å². The maximum atomic E-state index is 14.8. The van der Waals surface area contributed by atoms with E-state index < -0.39 is 0 Å². The van der Waals surface area contributed by atoms with E-state index in [0.29, 0.717) is 29.4 Å². The first kappa shape index (κ1) is 26.7. The molecule has 0 amide bonds. The number of aromatic amines is 2. The van der Waals surface area contributed by atoms with Gasteiger partial charge in [-0.25, -0.2) is 9.37 Å². The van der Waals surface area contributed by atoms with Crippen LogP contribution in [0.1, 0.15) is 12.8 Å². The Balaban J connectivity index is 1.11. The SMILES string of the molecule is NC1CN(c2cncc(-c3cc4c(-c5nc6c(-c7cc(F)cc(OCCN8CCCC8)c7)cccc6[nH]5)n[nH]c4cn3)c2)C1. The van der Waals surface area contributed by atoms with Gasteiger partial charge >= 0.3 is 0 Å². The minimum atomic E-state index is -0.347. The number of nitrogens with zero attached hydrogens (tertiary/aromatic N) is 6. The molecular formula is C33H32FN9O. The van der Waals surface area contributed by atoms with E-state index in [4.69, 9.17) is 15.5 Å². The molecule has 4 aromatic heterocycles. The Kier molecular flexibility index (Phi) is 6.68. The van der Waals surface area contributed by atoms with Crippen LogP contribution in [0.5, 0.6) is 5.75 Å². The van der Waals surface area contributed by atoms with Crippen LogP contribution in [0.15, 0.2) is 67.1 Å². The number of para-hydroxylation sites is 1. The molecule has 11 heteroatoms. The van der Waals surface area contributed by atoms with Gasteiger partial charge in [0.1, 0.15) is 23.9 Å². The molecule has 222 valence electrons. The number of hydrogen-bond donors (Lipinski definition) is 3. The van der Waals surface area contributed by atoms with Crippen LogP contribution in [0.4, 0.5) is 10.1 Å². The van der Waals surface area contributed by atoms with Gasteiger partial charge in [-0.3, -0.25) is 20.0 Å². The van der Waals surface area contributed by atoms with Crippen LogP contribution in [-0.4, -0.2) is 80.4 Å². The minimum Gasteiger partial charge on any atom is -0.492 e. The van der Waals surface area contributed by atoms with Gasteiger partial charge in [-0.05, 0) is 61.8 Å². The van der Waals surface area contributed by atoms with Crippen molar-refractivity contribution >= 4 is 27.6 Å². The smallest absolute Gasteiger partial charge is 0.159 e. The van der Waals surface area contributed by atoms with E-state index in [0.717, 1.165) is 77.2 Å². The summed E-state index contributed by atoms with van der Waals surface area (Å²) >= 11 is 0. The highest BCUT2D eigenvalue weighted by Gasteiger charge is 2.24. The number of fused-ring (bicyclic) bond motifs is 2. The normalized spacial score (nSPS) is 15.8. The van der Waals surface area contributed by atoms with Crippen LogP contribution in [0.2, 0.25) is 0 Å².